The minimum absolute atomic E-state index is 0.153. The number of nitrogens with two attached hydrogens (primary N) is 1. The van der Waals surface area contributed by atoms with Gasteiger partial charge in [-0.25, -0.2) is 0 Å². The average molecular weight is 239 g/mol. The van der Waals surface area contributed by atoms with Crippen molar-refractivity contribution in [2.24, 2.45) is 11.7 Å². The molecule has 0 aromatic carbocycles. The highest BCUT2D eigenvalue weighted by Gasteiger charge is 2.21. The zero-order valence-corrected chi connectivity index (χ0v) is 10.6. The lowest BCUT2D eigenvalue weighted by Crippen LogP contribution is -2.22. The van der Waals surface area contributed by atoms with E-state index < -0.39 is 0 Å². The molecule has 5 heteroatoms. The van der Waals surface area contributed by atoms with Crippen molar-refractivity contribution in [1.29, 1.82) is 0 Å². The van der Waals surface area contributed by atoms with Crippen LogP contribution in [0.5, 0.6) is 0 Å². The smallest absolute Gasteiger partial charge is 0.229 e. The van der Waals surface area contributed by atoms with Gasteiger partial charge in [-0.2, -0.15) is 4.98 Å². The van der Waals surface area contributed by atoms with Crippen molar-refractivity contribution in [3.63, 3.8) is 0 Å². The normalized spacial score (nSPS) is 22.9. The third-order valence-electron chi connectivity index (χ3n) is 3.18. The van der Waals surface area contributed by atoms with Gasteiger partial charge in [0.2, 0.25) is 5.89 Å². The first-order valence-corrected chi connectivity index (χ1v) is 6.36. The topological polar surface area (TPSA) is 74.2 Å². The van der Waals surface area contributed by atoms with E-state index in [0.29, 0.717) is 24.1 Å². The largest absolute Gasteiger partial charge is 0.378 e. The van der Waals surface area contributed by atoms with Crippen molar-refractivity contribution in [1.82, 2.24) is 10.1 Å². The fourth-order valence-electron chi connectivity index (χ4n) is 1.95. The third-order valence-corrected chi connectivity index (χ3v) is 3.18. The van der Waals surface area contributed by atoms with Crippen molar-refractivity contribution in [3.8, 4) is 0 Å². The van der Waals surface area contributed by atoms with Crippen LogP contribution in [0.3, 0.4) is 0 Å². The summed E-state index contributed by atoms with van der Waals surface area (Å²) >= 11 is 0. The Kier molecular flexibility index (Phi) is 4.12. The van der Waals surface area contributed by atoms with E-state index >= 15 is 0 Å². The molecule has 1 aliphatic rings. The molecule has 1 saturated heterocycles. The number of hydrogen-bond acceptors (Lipinski definition) is 5. The Hall–Kier alpha value is -0.940. The van der Waals surface area contributed by atoms with Crippen molar-refractivity contribution >= 4 is 0 Å². The summed E-state index contributed by atoms with van der Waals surface area (Å²) in [6, 6.07) is -0.153. The highest BCUT2D eigenvalue weighted by molar-refractivity contribution is 4.95. The van der Waals surface area contributed by atoms with Crippen LogP contribution in [0.2, 0.25) is 0 Å². The molecule has 0 saturated carbocycles. The molecule has 2 atom stereocenters. The summed E-state index contributed by atoms with van der Waals surface area (Å²) in [5, 5.41) is 3.94. The van der Waals surface area contributed by atoms with Gasteiger partial charge in [0, 0.05) is 6.61 Å². The Balaban J connectivity index is 1.93. The van der Waals surface area contributed by atoms with Crippen LogP contribution in [0, 0.1) is 5.92 Å². The number of nitrogens with zero attached hydrogens (tertiary/aromatic N) is 2. The number of ether oxygens (including phenoxy) is 1. The summed E-state index contributed by atoms with van der Waals surface area (Å²) in [6.45, 7) is 4.94. The number of aromatic nitrogens is 2. The Morgan fingerprint density at radius 1 is 1.41 bits per heavy atom. The molecule has 17 heavy (non-hydrogen) atoms. The van der Waals surface area contributed by atoms with Crippen molar-refractivity contribution in [3.05, 3.63) is 11.7 Å². The lowest BCUT2D eigenvalue weighted by Gasteiger charge is -2.20. The van der Waals surface area contributed by atoms with Crippen LogP contribution in [-0.4, -0.2) is 22.9 Å². The lowest BCUT2D eigenvalue weighted by molar-refractivity contribution is 0.0124. The maximum Gasteiger partial charge on any atom is 0.229 e. The Morgan fingerprint density at radius 2 is 2.24 bits per heavy atom. The molecule has 0 bridgehead atoms. The van der Waals surface area contributed by atoms with Gasteiger partial charge in [0.25, 0.3) is 0 Å². The molecule has 1 aromatic heterocycles. The van der Waals surface area contributed by atoms with Gasteiger partial charge in [-0.3, -0.25) is 0 Å². The van der Waals surface area contributed by atoms with Gasteiger partial charge in [-0.15, -0.1) is 0 Å². The molecule has 2 unspecified atom stereocenters. The van der Waals surface area contributed by atoms with Gasteiger partial charge in [0.15, 0.2) is 5.82 Å². The van der Waals surface area contributed by atoms with Crippen LogP contribution >= 0.6 is 0 Å². The molecular weight excluding hydrogens is 218 g/mol. The van der Waals surface area contributed by atoms with Crippen LogP contribution < -0.4 is 5.73 Å². The molecule has 1 fully saturated rings. The molecular formula is C12H21N3O2. The van der Waals surface area contributed by atoms with Crippen LogP contribution in [0.4, 0.5) is 0 Å². The van der Waals surface area contributed by atoms with Gasteiger partial charge in [0.05, 0.1) is 18.6 Å². The van der Waals surface area contributed by atoms with Crippen molar-refractivity contribution < 1.29 is 9.26 Å². The highest BCUT2D eigenvalue weighted by Crippen LogP contribution is 2.19. The summed E-state index contributed by atoms with van der Waals surface area (Å²) < 4.78 is 10.9. The van der Waals surface area contributed by atoms with E-state index in [1.165, 1.54) is 6.42 Å². The molecule has 2 N–H and O–H groups in total. The molecule has 0 spiro atoms. The maximum absolute atomic E-state index is 5.97. The molecule has 1 aliphatic heterocycles. The van der Waals surface area contributed by atoms with Crippen molar-refractivity contribution in [2.75, 3.05) is 6.61 Å². The summed E-state index contributed by atoms with van der Waals surface area (Å²) in [6.07, 6.45) is 4.39. The summed E-state index contributed by atoms with van der Waals surface area (Å²) in [5.74, 6) is 1.56. The highest BCUT2D eigenvalue weighted by atomic mass is 16.5. The van der Waals surface area contributed by atoms with Crippen LogP contribution in [0.15, 0.2) is 4.52 Å². The van der Waals surface area contributed by atoms with E-state index in [1.54, 1.807) is 0 Å². The minimum atomic E-state index is -0.153. The molecule has 0 aliphatic carbocycles. The van der Waals surface area contributed by atoms with E-state index in [2.05, 4.69) is 10.1 Å². The second-order valence-electron chi connectivity index (χ2n) is 5.01. The lowest BCUT2D eigenvalue weighted by atomic mass is 10.1. The Bertz CT molecular complexity index is 345. The van der Waals surface area contributed by atoms with Gasteiger partial charge >= 0.3 is 0 Å². The molecule has 2 rings (SSSR count). The van der Waals surface area contributed by atoms with Crippen LogP contribution in [0.25, 0.3) is 0 Å². The number of rotatable bonds is 4. The van der Waals surface area contributed by atoms with Gasteiger partial charge in [-0.05, 0) is 25.2 Å². The first kappa shape index (κ1) is 12.5. The zero-order valence-electron chi connectivity index (χ0n) is 10.6. The molecule has 5 nitrogen and oxygen atoms in total. The van der Waals surface area contributed by atoms with Gasteiger partial charge in [0.1, 0.15) is 0 Å². The molecule has 2 heterocycles. The summed E-state index contributed by atoms with van der Waals surface area (Å²) in [7, 11) is 0. The molecule has 1 aromatic rings. The summed E-state index contributed by atoms with van der Waals surface area (Å²) in [4.78, 5) is 4.34. The molecule has 96 valence electrons. The Labute approximate surface area is 102 Å². The van der Waals surface area contributed by atoms with E-state index in [4.69, 9.17) is 15.0 Å². The van der Waals surface area contributed by atoms with Gasteiger partial charge in [-0.1, -0.05) is 19.0 Å². The molecule has 0 amide bonds. The quantitative estimate of drug-likeness (QED) is 0.867. The number of hydrogen-bond donors (Lipinski definition) is 1. The minimum Gasteiger partial charge on any atom is -0.378 e. The Morgan fingerprint density at radius 3 is 2.88 bits per heavy atom. The first-order valence-electron chi connectivity index (χ1n) is 6.36. The predicted molar refractivity (Wildman–Crippen MR) is 63.4 cm³/mol. The van der Waals surface area contributed by atoms with E-state index in [9.17, 15) is 0 Å². The fraction of sp³-hybridized carbons (Fsp3) is 0.833. The van der Waals surface area contributed by atoms with Crippen LogP contribution in [0.1, 0.15) is 50.9 Å². The first-order chi connectivity index (χ1) is 8.16. The monoisotopic (exact) mass is 239 g/mol. The summed E-state index contributed by atoms with van der Waals surface area (Å²) in [5.41, 5.74) is 5.97. The second kappa shape index (κ2) is 5.60. The van der Waals surface area contributed by atoms with Crippen LogP contribution in [-0.2, 0) is 11.2 Å². The standard InChI is InChI=1S/C12H21N3O2/c1-8(2)11(13)12-14-10(17-15-12)7-9-5-3-4-6-16-9/h8-9,11H,3-7,13H2,1-2H3. The van der Waals surface area contributed by atoms with E-state index in [-0.39, 0.29) is 12.1 Å². The van der Waals surface area contributed by atoms with E-state index in [1.807, 2.05) is 13.8 Å². The third kappa shape index (κ3) is 3.26. The average Bonchev–Trinajstić information content (AvgIpc) is 2.77. The second-order valence-corrected chi connectivity index (χ2v) is 5.01. The van der Waals surface area contributed by atoms with Gasteiger partial charge < -0.3 is 15.0 Å². The predicted octanol–water partition coefficient (Wildman–Crippen LogP) is 1.84. The maximum atomic E-state index is 5.97. The van der Waals surface area contributed by atoms with Crippen molar-refractivity contribution in [2.45, 2.75) is 51.7 Å². The molecule has 0 radical (unpaired) electrons. The SMILES string of the molecule is CC(C)C(N)c1noc(CC2CCCCO2)n1. The zero-order chi connectivity index (χ0) is 12.3. The van der Waals surface area contributed by atoms with E-state index in [0.717, 1.165) is 19.4 Å². The fourth-order valence-corrected chi connectivity index (χ4v) is 1.95.